The van der Waals surface area contributed by atoms with Gasteiger partial charge in [-0.15, -0.1) is 0 Å². The van der Waals surface area contributed by atoms with Gasteiger partial charge < -0.3 is 24.6 Å². The summed E-state index contributed by atoms with van der Waals surface area (Å²) in [5, 5.41) is 31.4. The predicted octanol–water partition coefficient (Wildman–Crippen LogP) is 2.65. The second-order valence-corrected chi connectivity index (χ2v) is 7.10. The summed E-state index contributed by atoms with van der Waals surface area (Å²) >= 11 is 0. The van der Waals surface area contributed by atoms with E-state index in [1.165, 1.54) is 6.07 Å². The van der Waals surface area contributed by atoms with Crippen LogP contribution in [-0.4, -0.2) is 46.5 Å². The van der Waals surface area contributed by atoms with Crippen LogP contribution < -0.4 is 5.43 Å². The molecule has 6 heteroatoms. The normalized spacial score (nSPS) is 20.8. The van der Waals surface area contributed by atoms with Crippen LogP contribution >= 0.6 is 0 Å². The molecule has 0 aliphatic carbocycles. The van der Waals surface area contributed by atoms with Crippen molar-refractivity contribution in [2.45, 2.75) is 18.4 Å². The molecule has 1 aromatic heterocycles. The summed E-state index contributed by atoms with van der Waals surface area (Å²) in [4.78, 5) is 14.7. The van der Waals surface area contributed by atoms with Crippen LogP contribution in [0, 0.1) is 0 Å². The van der Waals surface area contributed by atoms with E-state index in [1.54, 1.807) is 0 Å². The number of rotatable bonds is 2. The number of phenols is 2. The minimum Gasteiger partial charge on any atom is -0.507 e. The Morgan fingerprint density at radius 3 is 2.56 bits per heavy atom. The van der Waals surface area contributed by atoms with E-state index in [0.29, 0.717) is 29.9 Å². The van der Waals surface area contributed by atoms with E-state index in [1.807, 2.05) is 42.3 Å². The van der Waals surface area contributed by atoms with Crippen LogP contribution in [0.2, 0.25) is 0 Å². The molecular formula is C21H21NO5. The number of aliphatic hydroxyl groups excluding tert-OH is 1. The van der Waals surface area contributed by atoms with E-state index in [0.717, 1.165) is 12.6 Å². The van der Waals surface area contributed by atoms with E-state index in [2.05, 4.69) is 0 Å². The van der Waals surface area contributed by atoms with Gasteiger partial charge >= 0.3 is 0 Å². The van der Waals surface area contributed by atoms with Crippen LogP contribution in [0.3, 0.4) is 0 Å². The number of aliphatic hydroxyl groups is 1. The summed E-state index contributed by atoms with van der Waals surface area (Å²) in [6.45, 7) is 1.20. The molecule has 1 fully saturated rings. The molecule has 2 aromatic carbocycles. The Balaban J connectivity index is 1.98. The summed E-state index contributed by atoms with van der Waals surface area (Å²) in [5.74, 6) is -0.552. The largest absolute Gasteiger partial charge is 0.507 e. The van der Waals surface area contributed by atoms with Gasteiger partial charge in [-0.2, -0.15) is 0 Å². The lowest BCUT2D eigenvalue weighted by Gasteiger charge is -2.34. The van der Waals surface area contributed by atoms with E-state index >= 15 is 0 Å². The SMILES string of the molecule is CN1CCC(c2c(O)cc(O)c3c(=O)cc(-c4ccccc4)oc23)C(O)C1. The van der Waals surface area contributed by atoms with Crippen LogP contribution in [0.1, 0.15) is 17.9 Å². The van der Waals surface area contributed by atoms with Gasteiger partial charge in [-0.25, -0.2) is 0 Å². The molecule has 2 heterocycles. The Kier molecular flexibility index (Phi) is 4.37. The minimum atomic E-state index is -0.715. The van der Waals surface area contributed by atoms with Gasteiger partial charge in [-0.1, -0.05) is 30.3 Å². The van der Waals surface area contributed by atoms with E-state index in [-0.39, 0.29) is 22.5 Å². The van der Waals surface area contributed by atoms with Gasteiger partial charge in [0.25, 0.3) is 0 Å². The maximum absolute atomic E-state index is 12.7. The molecular weight excluding hydrogens is 346 g/mol. The fourth-order valence-corrected chi connectivity index (χ4v) is 3.85. The average molecular weight is 367 g/mol. The Labute approximate surface area is 155 Å². The Morgan fingerprint density at radius 1 is 1.11 bits per heavy atom. The molecule has 140 valence electrons. The molecule has 1 saturated heterocycles. The van der Waals surface area contributed by atoms with E-state index in [9.17, 15) is 20.1 Å². The second kappa shape index (κ2) is 6.72. The standard InChI is InChI=1S/C21H21NO5/c1-22-8-7-13(17(26)11-22)19-14(23)9-15(24)20-16(25)10-18(27-21(19)20)12-5-3-2-4-6-12/h2-6,9-10,13,17,23-24,26H,7-8,11H2,1H3. The number of hydrogen-bond acceptors (Lipinski definition) is 6. The zero-order chi connectivity index (χ0) is 19.1. The van der Waals surface area contributed by atoms with E-state index in [4.69, 9.17) is 4.42 Å². The first-order valence-corrected chi connectivity index (χ1v) is 8.90. The van der Waals surface area contributed by atoms with Crippen molar-refractivity contribution < 1.29 is 19.7 Å². The number of nitrogens with zero attached hydrogens (tertiary/aromatic N) is 1. The maximum atomic E-state index is 12.7. The minimum absolute atomic E-state index is 0.0219. The quantitative estimate of drug-likeness (QED) is 0.645. The summed E-state index contributed by atoms with van der Waals surface area (Å²) in [6, 6.07) is 11.7. The van der Waals surface area contributed by atoms with Gasteiger partial charge in [0.05, 0.1) is 6.10 Å². The molecule has 0 saturated carbocycles. The van der Waals surface area contributed by atoms with Crippen molar-refractivity contribution in [2.24, 2.45) is 0 Å². The van der Waals surface area contributed by atoms with Crippen LogP contribution in [0.25, 0.3) is 22.3 Å². The summed E-state index contributed by atoms with van der Waals surface area (Å²) in [5.41, 5.74) is 0.830. The number of hydrogen-bond donors (Lipinski definition) is 3. The van der Waals surface area contributed by atoms with Crippen molar-refractivity contribution in [3.8, 4) is 22.8 Å². The van der Waals surface area contributed by atoms with Crippen LogP contribution in [0.4, 0.5) is 0 Å². The highest BCUT2D eigenvalue weighted by Gasteiger charge is 2.32. The lowest BCUT2D eigenvalue weighted by molar-refractivity contribution is 0.0631. The third-order valence-electron chi connectivity index (χ3n) is 5.21. The highest BCUT2D eigenvalue weighted by molar-refractivity contribution is 5.89. The van der Waals surface area contributed by atoms with Crippen molar-refractivity contribution in [3.05, 3.63) is 58.3 Å². The van der Waals surface area contributed by atoms with Crippen molar-refractivity contribution in [1.82, 2.24) is 4.90 Å². The number of phenolic OH excluding ortho intramolecular Hbond substituents is 2. The zero-order valence-corrected chi connectivity index (χ0v) is 14.9. The van der Waals surface area contributed by atoms with Crippen molar-refractivity contribution in [1.29, 1.82) is 0 Å². The lowest BCUT2D eigenvalue weighted by Crippen LogP contribution is -2.40. The van der Waals surface area contributed by atoms with Crippen LogP contribution in [-0.2, 0) is 0 Å². The van der Waals surface area contributed by atoms with Crippen LogP contribution in [0.5, 0.6) is 11.5 Å². The third kappa shape index (κ3) is 3.07. The van der Waals surface area contributed by atoms with Gasteiger partial charge in [0.1, 0.15) is 28.2 Å². The average Bonchev–Trinajstić information content (AvgIpc) is 2.63. The fourth-order valence-electron chi connectivity index (χ4n) is 3.85. The topological polar surface area (TPSA) is 94.1 Å². The van der Waals surface area contributed by atoms with Crippen LogP contribution in [0.15, 0.2) is 51.7 Å². The molecule has 3 N–H and O–H groups in total. The number of likely N-dealkylation sites (N-methyl/N-ethyl adjacent to an activating group) is 1. The summed E-state index contributed by atoms with van der Waals surface area (Å²) in [7, 11) is 1.92. The van der Waals surface area contributed by atoms with Crippen molar-refractivity contribution in [2.75, 3.05) is 20.1 Å². The molecule has 2 atom stereocenters. The number of piperidine rings is 1. The maximum Gasteiger partial charge on any atom is 0.197 e. The first-order chi connectivity index (χ1) is 13.0. The van der Waals surface area contributed by atoms with Gasteiger partial charge in [0.2, 0.25) is 0 Å². The Bertz CT molecular complexity index is 1040. The number of aromatic hydroxyl groups is 2. The van der Waals surface area contributed by atoms with Gasteiger partial charge in [0.15, 0.2) is 5.43 Å². The third-order valence-corrected chi connectivity index (χ3v) is 5.21. The summed E-state index contributed by atoms with van der Waals surface area (Å²) < 4.78 is 6.01. The first-order valence-electron chi connectivity index (χ1n) is 8.90. The second-order valence-electron chi connectivity index (χ2n) is 7.10. The number of likely N-dealkylation sites (tertiary alicyclic amines) is 1. The van der Waals surface area contributed by atoms with Crippen molar-refractivity contribution >= 4 is 11.0 Å². The number of benzene rings is 2. The van der Waals surface area contributed by atoms with E-state index < -0.39 is 17.5 Å². The van der Waals surface area contributed by atoms with Gasteiger partial charge in [-0.3, -0.25) is 4.79 Å². The lowest BCUT2D eigenvalue weighted by atomic mass is 9.85. The molecule has 0 bridgehead atoms. The molecule has 0 radical (unpaired) electrons. The van der Waals surface area contributed by atoms with Crippen molar-refractivity contribution in [3.63, 3.8) is 0 Å². The fraction of sp³-hybridized carbons (Fsp3) is 0.286. The van der Waals surface area contributed by atoms with Gasteiger partial charge in [0, 0.05) is 35.7 Å². The molecule has 0 amide bonds. The Morgan fingerprint density at radius 2 is 1.85 bits per heavy atom. The number of β-amino-alcohol motifs (C(OH)–C–C–N with tert-alkyl or cyclic N) is 1. The zero-order valence-electron chi connectivity index (χ0n) is 14.9. The molecule has 1 aliphatic rings. The Hall–Kier alpha value is -2.83. The first kappa shape index (κ1) is 17.6. The molecule has 3 aromatic rings. The molecule has 27 heavy (non-hydrogen) atoms. The molecule has 2 unspecified atom stereocenters. The smallest absolute Gasteiger partial charge is 0.197 e. The molecule has 1 aliphatic heterocycles. The number of fused-ring (bicyclic) bond motifs is 1. The highest BCUT2D eigenvalue weighted by Crippen LogP contribution is 2.42. The predicted molar refractivity (Wildman–Crippen MR) is 102 cm³/mol. The van der Waals surface area contributed by atoms with Gasteiger partial charge in [-0.05, 0) is 20.0 Å². The molecule has 6 nitrogen and oxygen atoms in total. The molecule has 4 rings (SSSR count). The summed E-state index contributed by atoms with van der Waals surface area (Å²) in [6.07, 6.45) is -0.113. The molecule has 0 spiro atoms. The highest BCUT2D eigenvalue weighted by atomic mass is 16.3. The monoisotopic (exact) mass is 367 g/mol.